The highest BCUT2D eigenvalue weighted by Gasteiger charge is 2.54. The molecule has 2 bridgehead atoms. The molecule has 5 atom stereocenters. The number of anilines is 2. The van der Waals surface area contributed by atoms with Crippen molar-refractivity contribution in [1.82, 2.24) is 15.3 Å². The Morgan fingerprint density at radius 3 is 2.84 bits per heavy atom. The molecule has 2 aliphatic rings. The van der Waals surface area contributed by atoms with E-state index in [0.29, 0.717) is 12.2 Å². The summed E-state index contributed by atoms with van der Waals surface area (Å²) in [6.45, 7) is 0.471. The van der Waals surface area contributed by atoms with Crippen LogP contribution in [-0.4, -0.2) is 34.4 Å². The fourth-order valence-electron chi connectivity index (χ4n) is 5.14. The van der Waals surface area contributed by atoms with Crippen LogP contribution in [0.25, 0.3) is 0 Å². The number of nitrogens with one attached hydrogen (secondary N) is 2. The maximum absolute atomic E-state index is 14.2. The van der Waals surface area contributed by atoms with Gasteiger partial charge >= 0.3 is 0 Å². The fourth-order valence-corrected chi connectivity index (χ4v) is 5.27. The third-order valence-electron chi connectivity index (χ3n) is 6.37. The number of rotatable bonds is 7. The van der Waals surface area contributed by atoms with Crippen LogP contribution in [0.2, 0.25) is 5.28 Å². The van der Waals surface area contributed by atoms with Gasteiger partial charge in [-0.05, 0) is 59.9 Å². The lowest BCUT2D eigenvalue weighted by Gasteiger charge is -2.35. The van der Waals surface area contributed by atoms with Gasteiger partial charge in [0.05, 0.1) is 18.5 Å². The van der Waals surface area contributed by atoms with Gasteiger partial charge in [-0.2, -0.15) is 4.98 Å². The minimum atomic E-state index is -0.651. The van der Waals surface area contributed by atoms with E-state index in [9.17, 15) is 14.0 Å². The number of nitrogens with zero attached hydrogens (tertiary/aromatic N) is 2. The summed E-state index contributed by atoms with van der Waals surface area (Å²) in [6, 6.07) is 6.83. The lowest BCUT2D eigenvalue weighted by atomic mass is 9.77. The average Bonchev–Trinajstić information content (AvgIpc) is 3.27. The van der Waals surface area contributed by atoms with E-state index in [4.69, 9.17) is 23.1 Å². The molecule has 2 aromatic rings. The van der Waals surface area contributed by atoms with E-state index in [2.05, 4.69) is 20.6 Å². The van der Waals surface area contributed by atoms with E-state index in [1.165, 1.54) is 0 Å². The van der Waals surface area contributed by atoms with Crippen LogP contribution in [0.4, 0.5) is 15.9 Å². The Kier molecular flexibility index (Phi) is 5.95. The summed E-state index contributed by atoms with van der Waals surface area (Å²) < 4.78 is 14.2. The van der Waals surface area contributed by atoms with Gasteiger partial charge in [-0.3, -0.25) is 9.59 Å². The maximum Gasteiger partial charge on any atom is 0.224 e. The number of primary amides is 1. The first-order valence-corrected chi connectivity index (χ1v) is 10.5. The number of hydrogen-bond acceptors (Lipinski definition) is 6. The van der Waals surface area contributed by atoms with Gasteiger partial charge < -0.3 is 22.1 Å². The number of nitrogens with two attached hydrogens (primary N) is 2. The van der Waals surface area contributed by atoms with Gasteiger partial charge in [-0.15, -0.1) is 0 Å². The standard InChI is InChI=1S/C21H24ClFN6O2/c22-21-27-9-15(23)20(29-21)28-18-14-7-11(17(18)19(25)31)6-12(14)8-26-16(30)5-10-2-1-3-13(24)4-10/h1-4,9,11-12,14,17-18H,5-8,24H2,(H2,25,31)(H,26,30)(H,27,28,29). The van der Waals surface area contributed by atoms with Crippen molar-refractivity contribution >= 4 is 34.9 Å². The zero-order valence-electron chi connectivity index (χ0n) is 16.7. The topological polar surface area (TPSA) is 136 Å². The third kappa shape index (κ3) is 4.56. The number of amides is 2. The molecule has 4 rings (SSSR count). The minimum Gasteiger partial charge on any atom is -0.399 e. The Morgan fingerprint density at radius 1 is 1.29 bits per heavy atom. The van der Waals surface area contributed by atoms with E-state index in [0.717, 1.165) is 24.6 Å². The van der Waals surface area contributed by atoms with Crippen LogP contribution in [-0.2, 0) is 16.0 Å². The summed E-state index contributed by atoms with van der Waals surface area (Å²) in [4.78, 5) is 32.0. The second-order valence-electron chi connectivity index (χ2n) is 8.32. The summed E-state index contributed by atoms with van der Waals surface area (Å²) >= 11 is 5.79. The number of carbonyl (C=O) groups excluding carboxylic acids is 2. The van der Waals surface area contributed by atoms with E-state index < -0.39 is 17.6 Å². The SMILES string of the molecule is NC(=O)C1C2CC(CNC(=O)Cc3cccc(N)c3)C(C2)C1Nc1nc(Cl)ncc1F. The van der Waals surface area contributed by atoms with Gasteiger partial charge in [-0.1, -0.05) is 12.1 Å². The first kappa shape index (κ1) is 21.3. The molecule has 31 heavy (non-hydrogen) atoms. The van der Waals surface area contributed by atoms with Gasteiger partial charge in [0.2, 0.25) is 17.1 Å². The van der Waals surface area contributed by atoms with Gasteiger partial charge in [-0.25, -0.2) is 9.37 Å². The largest absolute Gasteiger partial charge is 0.399 e. The van der Waals surface area contributed by atoms with E-state index in [1.807, 2.05) is 12.1 Å². The summed E-state index contributed by atoms with van der Waals surface area (Å²) in [7, 11) is 0. The zero-order valence-corrected chi connectivity index (χ0v) is 17.5. The molecular weight excluding hydrogens is 423 g/mol. The third-order valence-corrected chi connectivity index (χ3v) is 6.55. The molecule has 1 heterocycles. The molecule has 2 saturated carbocycles. The normalized spacial score (nSPS) is 26.6. The molecule has 164 valence electrons. The van der Waals surface area contributed by atoms with Crippen molar-refractivity contribution < 1.29 is 14.0 Å². The molecule has 2 fully saturated rings. The summed E-state index contributed by atoms with van der Waals surface area (Å²) in [6.07, 6.45) is 2.78. The molecule has 0 radical (unpaired) electrons. The highest BCUT2D eigenvalue weighted by atomic mass is 35.5. The number of benzene rings is 1. The van der Waals surface area contributed by atoms with E-state index in [-0.39, 0.29) is 47.2 Å². The number of carbonyl (C=O) groups is 2. The first-order chi connectivity index (χ1) is 14.8. The molecule has 8 nitrogen and oxygen atoms in total. The van der Waals surface area contributed by atoms with Crippen LogP contribution in [0.15, 0.2) is 30.5 Å². The minimum absolute atomic E-state index is 0.0447. The zero-order chi connectivity index (χ0) is 22.1. The highest BCUT2D eigenvalue weighted by molar-refractivity contribution is 6.28. The van der Waals surface area contributed by atoms with Crippen LogP contribution in [0.1, 0.15) is 18.4 Å². The average molecular weight is 447 g/mol. The van der Waals surface area contributed by atoms with Crippen molar-refractivity contribution in [2.45, 2.75) is 25.3 Å². The summed E-state index contributed by atoms with van der Waals surface area (Å²) in [5, 5.41) is 5.93. The molecule has 6 N–H and O–H groups in total. The number of hydrogen-bond donors (Lipinski definition) is 4. The molecular formula is C21H24ClFN6O2. The van der Waals surface area contributed by atoms with Crippen LogP contribution in [0, 0.1) is 29.5 Å². The van der Waals surface area contributed by atoms with Gasteiger partial charge in [0.25, 0.3) is 0 Å². The lowest BCUT2D eigenvalue weighted by Crippen LogP contribution is -2.47. The quantitative estimate of drug-likeness (QED) is 0.378. The summed E-state index contributed by atoms with van der Waals surface area (Å²) in [5.74, 6) is -1.39. The van der Waals surface area contributed by atoms with Crippen LogP contribution >= 0.6 is 11.6 Å². The van der Waals surface area contributed by atoms with Crippen molar-refractivity contribution in [2.75, 3.05) is 17.6 Å². The van der Waals surface area contributed by atoms with E-state index in [1.54, 1.807) is 12.1 Å². The molecule has 5 unspecified atom stereocenters. The number of halogens is 2. The molecule has 0 spiro atoms. The van der Waals surface area contributed by atoms with Crippen molar-refractivity contribution in [1.29, 1.82) is 0 Å². The smallest absolute Gasteiger partial charge is 0.224 e. The molecule has 0 saturated heterocycles. The molecule has 2 aliphatic carbocycles. The van der Waals surface area contributed by atoms with Crippen molar-refractivity contribution in [3.63, 3.8) is 0 Å². The van der Waals surface area contributed by atoms with Crippen LogP contribution in [0.5, 0.6) is 0 Å². The maximum atomic E-state index is 14.2. The Bertz CT molecular complexity index is 1010. The fraction of sp³-hybridized carbons (Fsp3) is 0.429. The summed E-state index contributed by atoms with van der Waals surface area (Å²) in [5.41, 5.74) is 12.9. The highest BCUT2D eigenvalue weighted by Crippen LogP contribution is 2.52. The Labute approximate surface area is 184 Å². The monoisotopic (exact) mass is 446 g/mol. The van der Waals surface area contributed by atoms with Crippen molar-refractivity contribution in [2.24, 2.45) is 29.4 Å². The molecule has 2 amide bonds. The Morgan fingerprint density at radius 2 is 2.10 bits per heavy atom. The predicted molar refractivity (Wildman–Crippen MR) is 114 cm³/mol. The van der Waals surface area contributed by atoms with Gasteiger partial charge in [0.1, 0.15) is 0 Å². The number of nitrogen functional groups attached to an aromatic ring is 1. The van der Waals surface area contributed by atoms with E-state index >= 15 is 0 Å². The van der Waals surface area contributed by atoms with Crippen LogP contribution in [0.3, 0.4) is 0 Å². The van der Waals surface area contributed by atoms with Crippen molar-refractivity contribution in [3.8, 4) is 0 Å². The number of aromatic nitrogens is 2. The Balaban J connectivity index is 1.42. The second kappa shape index (κ2) is 8.66. The molecule has 1 aromatic heterocycles. The molecule has 10 heteroatoms. The second-order valence-corrected chi connectivity index (χ2v) is 8.65. The molecule has 0 aliphatic heterocycles. The number of fused-ring (bicyclic) bond motifs is 2. The van der Waals surface area contributed by atoms with Crippen molar-refractivity contribution in [3.05, 3.63) is 47.1 Å². The van der Waals surface area contributed by atoms with Gasteiger partial charge in [0, 0.05) is 18.3 Å². The predicted octanol–water partition coefficient (Wildman–Crippen LogP) is 1.75. The van der Waals surface area contributed by atoms with Crippen LogP contribution < -0.4 is 22.1 Å². The lowest BCUT2D eigenvalue weighted by molar-refractivity contribution is -0.124. The van der Waals surface area contributed by atoms with Gasteiger partial charge in [0.15, 0.2) is 11.6 Å². The Hall–Kier alpha value is -2.94. The molecule has 1 aromatic carbocycles. The first-order valence-electron chi connectivity index (χ1n) is 10.2.